The minimum Gasteiger partial charge on any atom is -0.478 e. The molecule has 0 saturated carbocycles. The Morgan fingerprint density at radius 1 is 1.25 bits per heavy atom. The molecule has 2 aromatic carbocycles. The number of benzene rings is 2. The standard InChI is InChI=1S/C15H11NO4/c1-9(15(18)19)14(16)20-13-7-6-10-4-2-3-5-11(10)12(13)8-17/h2-8,16H,1H2,(H,18,19). The van der Waals surface area contributed by atoms with Gasteiger partial charge in [0.25, 0.3) is 0 Å². The fourth-order valence-electron chi connectivity index (χ4n) is 1.75. The summed E-state index contributed by atoms with van der Waals surface area (Å²) in [5.41, 5.74) is -0.207. The molecule has 5 heteroatoms. The lowest BCUT2D eigenvalue weighted by Gasteiger charge is -2.10. The van der Waals surface area contributed by atoms with E-state index in [-0.39, 0.29) is 11.3 Å². The molecule has 20 heavy (non-hydrogen) atoms. The lowest BCUT2D eigenvalue weighted by atomic mass is 10.0. The summed E-state index contributed by atoms with van der Waals surface area (Å²) in [5, 5.41) is 17.8. The molecule has 0 unspecified atom stereocenters. The first kappa shape index (κ1) is 13.5. The predicted molar refractivity (Wildman–Crippen MR) is 74.5 cm³/mol. The van der Waals surface area contributed by atoms with Gasteiger partial charge in [-0.25, -0.2) is 4.79 Å². The molecular formula is C15H11NO4. The summed E-state index contributed by atoms with van der Waals surface area (Å²) in [7, 11) is 0. The van der Waals surface area contributed by atoms with Gasteiger partial charge in [0.15, 0.2) is 6.29 Å². The van der Waals surface area contributed by atoms with Crippen LogP contribution in [0.25, 0.3) is 10.8 Å². The molecule has 0 aliphatic rings. The Balaban J connectivity index is 2.45. The van der Waals surface area contributed by atoms with Gasteiger partial charge in [-0.2, -0.15) is 0 Å². The van der Waals surface area contributed by atoms with E-state index >= 15 is 0 Å². The maximum atomic E-state index is 11.2. The smallest absolute Gasteiger partial charge is 0.340 e. The molecule has 0 aliphatic carbocycles. The van der Waals surface area contributed by atoms with Gasteiger partial charge in [0, 0.05) is 0 Å². The second-order valence-electron chi connectivity index (χ2n) is 4.03. The van der Waals surface area contributed by atoms with Crippen molar-refractivity contribution in [1.29, 1.82) is 5.41 Å². The Morgan fingerprint density at radius 2 is 1.95 bits per heavy atom. The van der Waals surface area contributed by atoms with E-state index in [0.29, 0.717) is 11.7 Å². The van der Waals surface area contributed by atoms with Crippen molar-refractivity contribution >= 4 is 28.9 Å². The average Bonchev–Trinajstić information content (AvgIpc) is 2.45. The minimum absolute atomic E-state index is 0.131. The van der Waals surface area contributed by atoms with Crippen LogP contribution in [0.15, 0.2) is 48.6 Å². The fraction of sp³-hybridized carbons (Fsp3) is 0. The number of fused-ring (bicyclic) bond motifs is 1. The van der Waals surface area contributed by atoms with Crippen LogP contribution in [0, 0.1) is 5.41 Å². The van der Waals surface area contributed by atoms with Crippen molar-refractivity contribution in [2.24, 2.45) is 0 Å². The van der Waals surface area contributed by atoms with Crippen LogP contribution in [0.5, 0.6) is 5.75 Å². The molecule has 100 valence electrons. The third kappa shape index (κ3) is 2.42. The molecule has 0 aliphatic heterocycles. The molecule has 0 fully saturated rings. The largest absolute Gasteiger partial charge is 0.478 e. The number of hydrogen-bond acceptors (Lipinski definition) is 4. The highest BCUT2D eigenvalue weighted by Crippen LogP contribution is 2.27. The van der Waals surface area contributed by atoms with Gasteiger partial charge >= 0.3 is 5.97 Å². The van der Waals surface area contributed by atoms with Crippen LogP contribution in [-0.2, 0) is 4.79 Å². The number of carbonyl (C=O) groups excluding carboxylic acids is 1. The summed E-state index contributed by atoms with van der Waals surface area (Å²) < 4.78 is 5.14. The number of aliphatic carboxylic acids is 1. The molecule has 2 aromatic rings. The van der Waals surface area contributed by atoms with Crippen molar-refractivity contribution in [3.8, 4) is 5.75 Å². The number of nitrogens with one attached hydrogen (secondary N) is 1. The Morgan fingerprint density at radius 3 is 2.60 bits per heavy atom. The van der Waals surface area contributed by atoms with E-state index in [1.54, 1.807) is 18.2 Å². The fourth-order valence-corrected chi connectivity index (χ4v) is 1.75. The van der Waals surface area contributed by atoms with E-state index < -0.39 is 17.4 Å². The van der Waals surface area contributed by atoms with Crippen LogP contribution >= 0.6 is 0 Å². The van der Waals surface area contributed by atoms with Gasteiger partial charge < -0.3 is 9.84 Å². The van der Waals surface area contributed by atoms with Crippen molar-refractivity contribution in [3.05, 3.63) is 54.1 Å². The predicted octanol–water partition coefficient (Wildman–Crippen LogP) is 2.65. The van der Waals surface area contributed by atoms with Gasteiger partial charge in [0.05, 0.1) is 5.56 Å². The molecule has 0 heterocycles. The van der Waals surface area contributed by atoms with E-state index in [9.17, 15) is 9.59 Å². The third-order valence-corrected chi connectivity index (χ3v) is 2.79. The summed E-state index contributed by atoms with van der Waals surface area (Å²) in [4.78, 5) is 21.9. The van der Waals surface area contributed by atoms with Crippen molar-refractivity contribution in [2.45, 2.75) is 0 Å². The number of carboxylic acids is 1. The number of hydrogen-bond donors (Lipinski definition) is 2. The molecule has 0 amide bonds. The zero-order chi connectivity index (χ0) is 14.7. The van der Waals surface area contributed by atoms with Crippen LogP contribution < -0.4 is 4.74 Å². The van der Waals surface area contributed by atoms with Gasteiger partial charge in [-0.1, -0.05) is 36.9 Å². The minimum atomic E-state index is -1.34. The molecule has 0 aromatic heterocycles. The van der Waals surface area contributed by atoms with Crippen LogP contribution in [0.1, 0.15) is 10.4 Å². The van der Waals surface area contributed by atoms with E-state index in [0.717, 1.165) is 5.39 Å². The summed E-state index contributed by atoms with van der Waals surface area (Å²) in [5.74, 6) is -1.81. The molecular weight excluding hydrogens is 258 g/mol. The number of aldehydes is 1. The molecule has 0 spiro atoms. The molecule has 2 N–H and O–H groups in total. The lowest BCUT2D eigenvalue weighted by Crippen LogP contribution is -2.16. The first-order valence-electron chi connectivity index (χ1n) is 5.70. The van der Waals surface area contributed by atoms with E-state index in [1.807, 2.05) is 12.1 Å². The first-order chi connectivity index (χ1) is 9.54. The molecule has 0 saturated heterocycles. The maximum Gasteiger partial charge on any atom is 0.340 e. The Hall–Kier alpha value is -2.95. The van der Waals surface area contributed by atoms with Gasteiger partial charge in [-0.05, 0) is 16.8 Å². The number of rotatable bonds is 4. The van der Waals surface area contributed by atoms with Crippen molar-refractivity contribution in [1.82, 2.24) is 0 Å². The summed E-state index contributed by atoms with van der Waals surface area (Å²) >= 11 is 0. The number of carbonyl (C=O) groups is 2. The second-order valence-corrected chi connectivity index (χ2v) is 4.03. The van der Waals surface area contributed by atoms with Crippen LogP contribution in [-0.4, -0.2) is 23.3 Å². The molecule has 5 nitrogen and oxygen atoms in total. The van der Waals surface area contributed by atoms with Crippen molar-refractivity contribution < 1.29 is 19.4 Å². The SMILES string of the molecule is C=C(C(=N)Oc1ccc2ccccc2c1C=O)C(=O)O. The van der Waals surface area contributed by atoms with E-state index in [1.165, 1.54) is 6.07 Å². The highest BCUT2D eigenvalue weighted by molar-refractivity contribution is 6.15. The Bertz CT molecular complexity index is 734. The highest BCUT2D eigenvalue weighted by Gasteiger charge is 2.15. The van der Waals surface area contributed by atoms with E-state index in [4.69, 9.17) is 15.3 Å². The van der Waals surface area contributed by atoms with Gasteiger partial charge in [-0.15, -0.1) is 0 Å². The van der Waals surface area contributed by atoms with Crippen LogP contribution in [0.2, 0.25) is 0 Å². The van der Waals surface area contributed by atoms with Crippen LogP contribution in [0.4, 0.5) is 0 Å². The summed E-state index contributed by atoms with van der Waals surface area (Å²) in [6.45, 7) is 3.23. The molecule has 2 rings (SSSR count). The number of ether oxygens (including phenoxy) is 1. The lowest BCUT2D eigenvalue weighted by molar-refractivity contribution is -0.132. The maximum absolute atomic E-state index is 11.2. The van der Waals surface area contributed by atoms with E-state index in [2.05, 4.69) is 6.58 Å². The first-order valence-corrected chi connectivity index (χ1v) is 5.70. The molecule has 0 bridgehead atoms. The monoisotopic (exact) mass is 269 g/mol. The highest BCUT2D eigenvalue weighted by atomic mass is 16.5. The average molecular weight is 269 g/mol. The third-order valence-electron chi connectivity index (χ3n) is 2.79. The number of carboxylic acid groups (broad SMARTS) is 1. The van der Waals surface area contributed by atoms with Gasteiger partial charge in [0.2, 0.25) is 5.90 Å². The van der Waals surface area contributed by atoms with Crippen molar-refractivity contribution in [3.63, 3.8) is 0 Å². The molecule has 0 radical (unpaired) electrons. The van der Waals surface area contributed by atoms with Gasteiger partial charge in [-0.3, -0.25) is 10.2 Å². The van der Waals surface area contributed by atoms with Crippen molar-refractivity contribution in [2.75, 3.05) is 0 Å². The normalized spacial score (nSPS) is 10.0. The zero-order valence-electron chi connectivity index (χ0n) is 10.4. The van der Waals surface area contributed by atoms with Crippen LogP contribution in [0.3, 0.4) is 0 Å². The topological polar surface area (TPSA) is 87.5 Å². The summed E-state index contributed by atoms with van der Waals surface area (Å²) in [6, 6.07) is 10.5. The molecule has 0 atom stereocenters. The Labute approximate surface area is 114 Å². The Kier molecular flexibility index (Phi) is 3.61. The zero-order valence-corrected chi connectivity index (χ0v) is 10.4. The summed E-state index contributed by atoms with van der Waals surface area (Å²) in [6.07, 6.45) is 0.620. The second kappa shape index (κ2) is 5.36. The quantitative estimate of drug-likeness (QED) is 0.386. The van der Waals surface area contributed by atoms with Gasteiger partial charge in [0.1, 0.15) is 11.3 Å².